The molecule has 4 nitrogen and oxygen atoms in total. The van der Waals surface area contributed by atoms with Crippen LogP contribution in [0.25, 0.3) is 0 Å². The summed E-state index contributed by atoms with van der Waals surface area (Å²) in [6.45, 7) is 1.80. The van der Waals surface area contributed by atoms with Crippen molar-refractivity contribution in [1.29, 1.82) is 0 Å². The minimum Gasteiger partial charge on any atom is -0.392 e. The van der Waals surface area contributed by atoms with Gasteiger partial charge in [-0.05, 0) is 18.2 Å². The number of hydrogen-bond donors (Lipinski definition) is 1. The molecule has 0 amide bonds. The smallest absolute Gasteiger partial charge is 0.122 e. The molecule has 0 aliphatic rings. The van der Waals surface area contributed by atoms with Gasteiger partial charge in [-0.15, -0.1) is 0 Å². The second-order valence-corrected chi connectivity index (χ2v) is 4.60. The van der Waals surface area contributed by atoms with Gasteiger partial charge in [0, 0.05) is 26.0 Å². The largest absolute Gasteiger partial charge is 0.392 e. The summed E-state index contributed by atoms with van der Waals surface area (Å²) in [4.78, 5) is 6.53. The molecule has 0 saturated heterocycles. The molecule has 4 heteroatoms. The number of aliphatic hydroxyl groups excluding tert-OH is 1. The van der Waals surface area contributed by atoms with Crippen molar-refractivity contribution in [1.82, 2.24) is 14.5 Å². The van der Waals surface area contributed by atoms with Gasteiger partial charge in [-0.1, -0.05) is 24.3 Å². The van der Waals surface area contributed by atoms with Crippen LogP contribution in [0.1, 0.15) is 17.0 Å². The number of nitrogens with zero attached hydrogens (tertiary/aromatic N) is 3. The lowest BCUT2D eigenvalue weighted by molar-refractivity contribution is 0.281. The van der Waals surface area contributed by atoms with Crippen LogP contribution < -0.4 is 0 Å². The van der Waals surface area contributed by atoms with Gasteiger partial charge in [-0.3, -0.25) is 4.90 Å². The molecule has 0 spiro atoms. The van der Waals surface area contributed by atoms with Crippen molar-refractivity contribution in [2.75, 3.05) is 7.05 Å². The zero-order valence-corrected chi connectivity index (χ0v) is 10.9. The van der Waals surface area contributed by atoms with Crippen LogP contribution in [0.3, 0.4) is 0 Å². The number of hydrogen-bond acceptors (Lipinski definition) is 3. The van der Waals surface area contributed by atoms with Gasteiger partial charge in [-0.2, -0.15) is 0 Å². The van der Waals surface area contributed by atoms with Crippen molar-refractivity contribution in [2.24, 2.45) is 7.05 Å². The summed E-state index contributed by atoms with van der Waals surface area (Å²) in [5.74, 6) is 1.06. The van der Waals surface area contributed by atoms with E-state index < -0.39 is 0 Å². The van der Waals surface area contributed by atoms with Gasteiger partial charge in [0.15, 0.2) is 0 Å². The Hall–Kier alpha value is -1.65. The Morgan fingerprint density at radius 3 is 2.39 bits per heavy atom. The van der Waals surface area contributed by atoms with Gasteiger partial charge in [0.2, 0.25) is 0 Å². The first-order valence-corrected chi connectivity index (χ1v) is 6.02. The molecule has 0 saturated carbocycles. The van der Waals surface area contributed by atoms with E-state index in [2.05, 4.69) is 29.1 Å². The first kappa shape index (κ1) is 12.8. The van der Waals surface area contributed by atoms with Crippen LogP contribution in [-0.2, 0) is 26.7 Å². The average molecular weight is 245 g/mol. The topological polar surface area (TPSA) is 41.3 Å². The molecule has 0 bridgehead atoms. The lowest BCUT2D eigenvalue weighted by Crippen LogP contribution is -2.19. The fourth-order valence-electron chi connectivity index (χ4n) is 1.91. The van der Waals surface area contributed by atoms with Gasteiger partial charge < -0.3 is 9.67 Å². The monoisotopic (exact) mass is 245 g/mol. The van der Waals surface area contributed by atoms with Crippen LogP contribution in [0.5, 0.6) is 0 Å². The Morgan fingerprint density at radius 2 is 1.83 bits per heavy atom. The van der Waals surface area contributed by atoms with E-state index in [0.29, 0.717) is 0 Å². The molecule has 18 heavy (non-hydrogen) atoms. The normalized spacial score (nSPS) is 11.1. The Labute approximate surface area is 108 Å². The molecule has 96 valence electrons. The van der Waals surface area contributed by atoms with E-state index in [4.69, 9.17) is 5.11 Å². The molecule has 2 rings (SSSR count). The van der Waals surface area contributed by atoms with Crippen LogP contribution in [0, 0.1) is 0 Å². The van der Waals surface area contributed by atoms with E-state index in [1.54, 1.807) is 0 Å². The predicted molar refractivity (Wildman–Crippen MR) is 70.7 cm³/mol. The Morgan fingerprint density at radius 1 is 1.17 bits per heavy atom. The highest BCUT2D eigenvalue weighted by molar-refractivity contribution is 5.21. The second kappa shape index (κ2) is 5.80. The SMILES string of the molecule is CN(Cc1ccc(CO)cc1)Cc1nccn1C. The molecule has 1 heterocycles. The van der Waals surface area contributed by atoms with Crippen molar-refractivity contribution in [2.45, 2.75) is 19.7 Å². The third-order valence-electron chi connectivity index (χ3n) is 2.99. The van der Waals surface area contributed by atoms with E-state index >= 15 is 0 Å². The van der Waals surface area contributed by atoms with Crippen LogP contribution in [-0.4, -0.2) is 26.6 Å². The third-order valence-corrected chi connectivity index (χ3v) is 2.99. The summed E-state index contributed by atoms with van der Waals surface area (Å²) < 4.78 is 2.03. The maximum absolute atomic E-state index is 8.99. The molecular weight excluding hydrogens is 226 g/mol. The molecule has 0 radical (unpaired) electrons. The third kappa shape index (κ3) is 3.18. The summed E-state index contributed by atoms with van der Waals surface area (Å²) in [6.07, 6.45) is 3.78. The van der Waals surface area contributed by atoms with Crippen molar-refractivity contribution in [3.05, 3.63) is 53.6 Å². The first-order chi connectivity index (χ1) is 8.69. The van der Waals surface area contributed by atoms with E-state index in [9.17, 15) is 0 Å². The minimum absolute atomic E-state index is 0.101. The molecule has 2 aromatic rings. The second-order valence-electron chi connectivity index (χ2n) is 4.60. The van der Waals surface area contributed by atoms with E-state index in [1.807, 2.05) is 36.1 Å². The summed E-state index contributed by atoms with van der Waals surface area (Å²) in [7, 11) is 4.08. The van der Waals surface area contributed by atoms with Crippen LogP contribution in [0.15, 0.2) is 36.7 Å². The van der Waals surface area contributed by atoms with Crippen LogP contribution >= 0.6 is 0 Å². The fourth-order valence-corrected chi connectivity index (χ4v) is 1.91. The standard InChI is InChI=1S/C14H19N3O/c1-16(10-14-15-7-8-17(14)2)9-12-3-5-13(11-18)6-4-12/h3-8,18H,9-11H2,1-2H3. The predicted octanol–water partition coefficient (Wildman–Crippen LogP) is 1.54. The van der Waals surface area contributed by atoms with Gasteiger partial charge in [-0.25, -0.2) is 4.98 Å². The molecule has 0 fully saturated rings. The van der Waals surface area contributed by atoms with Gasteiger partial charge in [0.1, 0.15) is 5.82 Å². The van der Waals surface area contributed by atoms with Gasteiger partial charge in [0.05, 0.1) is 13.2 Å². The highest BCUT2D eigenvalue weighted by atomic mass is 16.3. The zero-order valence-electron chi connectivity index (χ0n) is 10.9. The highest BCUT2D eigenvalue weighted by Crippen LogP contribution is 2.08. The number of aryl methyl sites for hydroxylation is 1. The molecule has 1 aromatic heterocycles. The first-order valence-electron chi connectivity index (χ1n) is 6.02. The Balaban J connectivity index is 1.94. The molecule has 0 aliphatic carbocycles. The maximum Gasteiger partial charge on any atom is 0.122 e. The summed E-state index contributed by atoms with van der Waals surface area (Å²) in [5.41, 5.74) is 2.19. The molecule has 0 atom stereocenters. The summed E-state index contributed by atoms with van der Waals surface area (Å²) in [6, 6.07) is 8.04. The van der Waals surface area contributed by atoms with Crippen molar-refractivity contribution in [3.8, 4) is 0 Å². The van der Waals surface area contributed by atoms with E-state index in [1.165, 1.54) is 5.56 Å². The summed E-state index contributed by atoms with van der Waals surface area (Å²) in [5, 5.41) is 8.99. The van der Waals surface area contributed by atoms with Crippen molar-refractivity contribution < 1.29 is 5.11 Å². The maximum atomic E-state index is 8.99. The molecule has 0 unspecified atom stereocenters. The van der Waals surface area contributed by atoms with E-state index in [0.717, 1.165) is 24.5 Å². The van der Waals surface area contributed by atoms with Crippen LogP contribution in [0.2, 0.25) is 0 Å². The summed E-state index contributed by atoms with van der Waals surface area (Å²) >= 11 is 0. The zero-order chi connectivity index (χ0) is 13.0. The van der Waals surface area contributed by atoms with E-state index in [-0.39, 0.29) is 6.61 Å². The molecule has 0 aliphatic heterocycles. The quantitative estimate of drug-likeness (QED) is 0.869. The van der Waals surface area contributed by atoms with Gasteiger partial charge >= 0.3 is 0 Å². The number of benzene rings is 1. The van der Waals surface area contributed by atoms with Crippen molar-refractivity contribution in [3.63, 3.8) is 0 Å². The van der Waals surface area contributed by atoms with Crippen molar-refractivity contribution >= 4 is 0 Å². The number of rotatable bonds is 5. The fraction of sp³-hybridized carbons (Fsp3) is 0.357. The number of imidazole rings is 1. The number of aromatic nitrogens is 2. The molecule has 1 N–H and O–H groups in total. The van der Waals surface area contributed by atoms with Gasteiger partial charge in [0.25, 0.3) is 0 Å². The van der Waals surface area contributed by atoms with Crippen LogP contribution in [0.4, 0.5) is 0 Å². The molecule has 1 aromatic carbocycles. The minimum atomic E-state index is 0.101. The highest BCUT2D eigenvalue weighted by Gasteiger charge is 2.05. The Bertz CT molecular complexity index is 490. The lowest BCUT2D eigenvalue weighted by Gasteiger charge is -2.16. The Kier molecular flexibility index (Phi) is 4.12. The molecular formula is C14H19N3O. The number of aliphatic hydroxyl groups is 1. The lowest BCUT2D eigenvalue weighted by atomic mass is 10.1. The average Bonchev–Trinajstić information content (AvgIpc) is 2.76.